The summed E-state index contributed by atoms with van der Waals surface area (Å²) in [6, 6.07) is 10.3. The molecule has 1 unspecified atom stereocenters. The molecule has 0 aliphatic carbocycles. The molecule has 0 fully saturated rings. The van der Waals surface area contributed by atoms with Gasteiger partial charge in [-0.2, -0.15) is 30.8 Å². The number of aromatic nitrogens is 2. The number of nitrogens with zero attached hydrogens (tertiary/aromatic N) is 2. The summed E-state index contributed by atoms with van der Waals surface area (Å²) in [5.41, 5.74) is -2.23. The molecule has 3 aromatic carbocycles. The van der Waals surface area contributed by atoms with Crippen molar-refractivity contribution in [2.75, 3.05) is 11.9 Å². The molecule has 0 aliphatic rings. The molecule has 1 atom stereocenters. The molecule has 0 spiro atoms. The molecule has 1 heterocycles. The van der Waals surface area contributed by atoms with Crippen LogP contribution in [0.3, 0.4) is 0 Å². The van der Waals surface area contributed by atoms with Gasteiger partial charge in [-0.15, -0.1) is 0 Å². The van der Waals surface area contributed by atoms with Gasteiger partial charge in [0, 0.05) is 11.1 Å². The van der Waals surface area contributed by atoms with E-state index in [4.69, 9.17) is 11.6 Å². The van der Waals surface area contributed by atoms with Crippen molar-refractivity contribution in [3.05, 3.63) is 88.3 Å². The summed E-state index contributed by atoms with van der Waals surface area (Å²) in [5.74, 6) is -1.86. The summed E-state index contributed by atoms with van der Waals surface area (Å²) in [5, 5.41) is 25.6. The van der Waals surface area contributed by atoms with Gasteiger partial charge in [0.2, 0.25) is 0 Å². The molecular formula is C23H16ClF4N3O5S. The summed E-state index contributed by atoms with van der Waals surface area (Å²) in [6.45, 7) is -0.833. The zero-order chi connectivity index (χ0) is 27.1. The van der Waals surface area contributed by atoms with Gasteiger partial charge in [0.1, 0.15) is 17.6 Å². The summed E-state index contributed by atoms with van der Waals surface area (Å²) in [7, 11) is -4.76. The number of alkyl halides is 3. The van der Waals surface area contributed by atoms with Gasteiger partial charge >= 0.3 is 6.18 Å². The second-order valence-electron chi connectivity index (χ2n) is 7.74. The van der Waals surface area contributed by atoms with Crippen molar-refractivity contribution in [3.63, 3.8) is 0 Å². The fraction of sp³-hybridized carbons (Fsp3) is 0.130. The number of benzene rings is 3. The van der Waals surface area contributed by atoms with Crippen molar-refractivity contribution in [3.8, 4) is 0 Å². The maximum absolute atomic E-state index is 14.1. The van der Waals surface area contributed by atoms with E-state index in [1.54, 1.807) is 0 Å². The standard InChI is InChI=1S/C23H16ClF4N3O5S/c24-16-5-2-6-17(25)20(16)22(34)29-13-7-8-15-18(10-13)31(30-21(15)19(33)11-32)37(35,36)14-4-1-3-12(9-14)23(26,27)28/h1-10,19,32-33H,11H2,(H,29,34). The van der Waals surface area contributed by atoms with Gasteiger partial charge in [-0.05, 0) is 48.5 Å². The van der Waals surface area contributed by atoms with Crippen molar-refractivity contribution < 1.29 is 41.0 Å². The quantitative estimate of drug-likeness (QED) is 0.303. The SMILES string of the molecule is O=C(Nc1ccc2c(C(O)CO)nn(S(=O)(=O)c3cccc(C(F)(F)F)c3)c2c1)c1c(F)cccc1Cl. The number of hydrogen-bond acceptors (Lipinski definition) is 6. The molecule has 0 bridgehead atoms. The molecular weight excluding hydrogens is 542 g/mol. The number of hydrogen-bond donors (Lipinski definition) is 3. The molecule has 37 heavy (non-hydrogen) atoms. The normalized spacial score (nSPS) is 13.1. The van der Waals surface area contributed by atoms with Crippen molar-refractivity contribution in [1.82, 2.24) is 9.19 Å². The molecule has 194 valence electrons. The number of carbonyl (C=O) groups is 1. The van der Waals surface area contributed by atoms with E-state index in [0.29, 0.717) is 16.2 Å². The van der Waals surface area contributed by atoms with Crippen LogP contribution in [0.5, 0.6) is 0 Å². The topological polar surface area (TPSA) is 122 Å². The van der Waals surface area contributed by atoms with Crippen LogP contribution < -0.4 is 5.32 Å². The largest absolute Gasteiger partial charge is 0.416 e. The van der Waals surface area contributed by atoms with Crippen LogP contribution >= 0.6 is 11.6 Å². The Morgan fingerprint density at radius 3 is 2.46 bits per heavy atom. The maximum Gasteiger partial charge on any atom is 0.416 e. The number of amides is 1. The second-order valence-corrected chi connectivity index (χ2v) is 9.91. The Balaban J connectivity index is 1.85. The number of anilines is 1. The minimum atomic E-state index is -4.82. The third kappa shape index (κ3) is 5.03. The van der Waals surface area contributed by atoms with Crippen LogP contribution in [0.15, 0.2) is 65.6 Å². The molecule has 3 N–H and O–H groups in total. The van der Waals surface area contributed by atoms with Crippen molar-refractivity contribution >= 4 is 44.1 Å². The highest BCUT2D eigenvalue weighted by atomic mass is 35.5. The Hall–Kier alpha value is -3.52. The lowest BCUT2D eigenvalue weighted by Gasteiger charge is -2.11. The van der Waals surface area contributed by atoms with Crippen LogP contribution in [0, 0.1) is 5.82 Å². The third-order valence-corrected chi connectivity index (χ3v) is 7.20. The lowest BCUT2D eigenvalue weighted by molar-refractivity contribution is -0.137. The van der Waals surface area contributed by atoms with Gasteiger partial charge in [-0.1, -0.05) is 23.7 Å². The van der Waals surface area contributed by atoms with Crippen molar-refractivity contribution in [1.29, 1.82) is 0 Å². The summed E-state index contributed by atoms with van der Waals surface area (Å²) >= 11 is 5.91. The highest BCUT2D eigenvalue weighted by Gasteiger charge is 2.33. The minimum Gasteiger partial charge on any atom is -0.393 e. The van der Waals surface area contributed by atoms with Crippen LogP contribution in [-0.2, 0) is 16.2 Å². The Morgan fingerprint density at radius 2 is 1.81 bits per heavy atom. The Morgan fingerprint density at radius 1 is 1.11 bits per heavy atom. The first-order valence-electron chi connectivity index (χ1n) is 10.3. The monoisotopic (exact) mass is 557 g/mol. The first kappa shape index (κ1) is 26.5. The Labute approximate surface area is 211 Å². The van der Waals surface area contributed by atoms with Crippen molar-refractivity contribution in [2.24, 2.45) is 0 Å². The smallest absolute Gasteiger partial charge is 0.393 e. The number of carbonyl (C=O) groups excluding carboxylic acids is 1. The van der Waals surface area contributed by atoms with Crippen LogP contribution in [0.4, 0.5) is 23.2 Å². The van der Waals surface area contributed by atoms with E-state index in [-0.39, 0.29) is 27.3 Å². The van der Waals surface area contributed by atoms with E-state index in [1.165, 1.54) is 24.3 Å². The zero-order valence-electron chi connectivity index (χ0n) is 18.4. The summed E-state index contributed by atoms with van der Waals surface area (Å²) < 4.78 is 80.7. The predicted molar refractivity (Wildman–Crippen MR) is 125 cm³/mol. The predicted octanol–water partition coefficient (Wildman–Crippen LogP) is 4.36. The zero-order valence-corrected chi connectivity index (χ0v) is 19.9. The van der Waals surface area contributed by atoms with Gasteiger partial charge in [0.05, 0.1) is 33.2 Å². The van der Waals surface area contributed by atoms with Gasteiger partial charge in [0.15, 0.2) is 0 Å². The maximum atomic E-state index is 14.1. The highest BCUT2D eigenvalue weighted by molar-refractivity contribution is 7.90. The van der Waals surface area contributed by atoms with Gasteiger partial charge in [-0.25, -0.2) is 4.39 Å². The molecule has 4 rings (SSSR count). The molecule has 0 saturated heterocycles. The van der Waals surface area contributed by atoms with Gasteiger partial charge in [0.25, 0.3) is 15.9 Å². The number of aliphatic hydroxyl groups is 2. The van der Waals surface area contributed by atoms with E-state index < -0.39 is 56.7 Å². The second kappa shape index (κ2) is 9.74. The highest BCUT2D eigenvalue weighted by Crippen LogP contribution is 2.33. The lowest BCUT2D eigenvalue weighted by atomic mass is 10.1. The fourth-order valence-electron chi connectivity index (χ4n) is 3.55. The summed E-state index contributed by atoms with van der Waals surface area (Å²) in [6.07, 6.45) is -6.44. The van der Waals surface area contributed by atoms with E-state index in [9.17, 15) is 41.0 Å². The number of nitrogens with one attached hydrogen (secondary N) is 1. The molecule has 0 saturated carbocycles. The number of halogens is 5. The molecule has 14 heteroatoms. The van der Waals surface area contributed by atoms with Gasteiger partial charge in [-0.3, -0.25) is 4.79 Å². The van der Waals surface area contributed by atoms with Gasteiger partial charge < -0.3 is 15.5 Å². The molecule has 4 aromatic rings. The van der Waals surface area contributed by atoms with Crippen LogP contribution in [0.1, 0.15) is 27.7 Å². The fourth-order valence-corrected chi connectivity index (χ4v) is 5.13. The van der Waals surface area contributed by atoms with E-state index in [0.717, 1.165) is 24.3 Å². The average Bonchev–Trinajstić information content (AvgIpc) is 3.22. The first-order valence-corrected chi connectivity index (χ1v) is 12.2. The molecule has 0 radical (unpaired) electrons. The van der Waals surface area contributed by atoms with Crippen LogP contribution in [-0.4, -0.2) is 40.3 Å². The third-order valence-electron chi connectivity index (χ3n) is 5.30. The average molecular weight is 558 g/mol. The van der Waals surface area contributed by atoms with Crippen LogP contribution in [0.2, 0.25) is 5.02 Å². The van der Waals surface area contributed by atoms with E-state index in [1.807, 2.05) is 0 Å². The molecule has 1 amide bonds. The molecule has 1 aromatic heterocycles. The summed E-state index contributed by atoms with van der Waals surface area (Å²) in [4.78, 5) is 11.9. The minimum absolute atomic E-state index is 0.0269. The van der Waals surface area contributed by atoms with Crippen molar-refractivity contribution in [2.45, 2.75) is 17.2 Å². The molecule has 0 aliphatic heterocycles. The number of aliphatic hydroxyl groups excluding tert-OH is 2. The molecule has 8 nitrogen and oxygen atoms in total. The number of fused-ring (bicyclic) bond motifs is 1. The Bertz CT molecular complexity index is 1600. The van der Waals surface area contributed by atoms with E-state index >= 15 is 0 Å². The lowest BCUT2D eigenvalue weighted by Crippen LogP contribution is -2.17. The van der Waals surface area contributed by atoms with Crippen LogP contribution in [0.25, 0.3) is 10.9 Å². The Kier molecular flexibility index (Phi) is 6.99. The van der Waals surface area contributed by atoms with E-state index in [2.05, 4.69) is 10.4 Å². The number of rotatable bonds is 6. The first-order chi connectivity index (χ1) is 17.3.